The topological polar surface area (TPSA) is 84.4 Å². The summed E-state index contributed by atoms with van der Waals surface area (Å²) in [6.45, 7) is 9.50. The standard InChI is InChI=1S/C29H39N3O5/c1-17-15-32(16-18(2)35-17)25-12-7-20(14-30-25)24-13-23(28(33)34)19(3)26-27(24)37-29(4,36-26)21-8-10-22(11-9-21)31(5)6/h7,12-14,17-18,21-22H,8-11,15-16H2,1-6H3,(H,33,34)/t17-,18+,21?,22?,29?. The Labute approximate surface area is 219 Å². The molecule has 1 saturated carbocycles. The number of hydrogen-bond donors (Lipinski definition) is 1. The Hall–Kier alpha value is -2.84. The average Bonchev–Trinajstić information content (AvgIpc) is 3.23. The Morgan fingerprint density at radius 3 is 2.30 bits per heavy atom. The molecule has 3 heterocycles. The number of aromatic nitrogens is 1. The third-order valence-electron chi connectivity index (χ3n) is 8.30. The summed E-state index contributed by atoms with van der Waals surface area (Å²) in [4.78, 5) is 21.4. The minimum absolute atomic E-state index is 0.139. The highest BCUT2D eigenvalue weighted by atomic mass is 16.7. The molecule has 1 unspecified atom stereocenters. The Kier molecular flexibility index (Phi) is 6.83. The van der Waals surface area contributed by atoms with E-state index in [0.717, 1.165) is 50.2 Å². The molecule has 0 radical (unpaired) electrons. The van der Waals surface area contributed by atoms with Crippen LogP contribution in [-0.4, -0.2) is 72.2 Å². The molecule has 1 saturated heterocycles. The van der Waals surface area contributed by atoms with Crippen LogP contribution in [0.2, 0.25) is 0 Å². The first-order chi connectivity index (χ1) is 17.6. The van der Waals surface area contributed by atoms with E-state index >= 15 is 0 Å². The smallest absolute Gasteiger partial charge is 0.336 e. The second-order valence-electron chi connectivity index (χ2n) is 11.3. The first-order valence-corrected chi connectivity index (χ1v) is 13.4. The highest BCUT2D eigenvalue weighted by Gasteiger charge is 2.47. The van der Waals surface area contributed by atoms with Gasteiger partial charge in [-0.1, -0.05) is 0 Å². The number of carbonyl (C=O) groups is 1. The molecule has 3 aliphatic rings. The Morgan fingerprint density at radius 1 is 1.08 bits per heavy atom. The van der Waals surface area contributed by atoms with Crippen molar-refractivity contribution < 1.29 is 24.1 Å². The van der Waals surface area contributed by atoms with Crippen molar-refractivity contribution in [3.8, 4) is 22.6 Å². The molecule has 0 bridgehead atoms. The molecule has 2 aromatic rings. The van der Waals surface area contributed by atoms with Gasteiger partial charge in [0.2, 0.25) is 0 Å². The number of hydrogen-bond acceptors (Lipinski definition) is 7. The van der Waals surface area contributed by atoms with E-state index in [2.05, 4.69) is 37.7 Å². The maximum absolute atomic E-state index is 12.2. The third kappa shape index (κ3) is 4.89. The highest BCUT2D eigenvalue weighted by Crippen LogP contribution is 2.52. The van der Waals surface area contributed by atoms with Gasteiger partial charge < -0.3 is 29.1 Å². The van der Waals surface area contributed by atoms with Gasteiger partial charge in [-0.25, -0.2) is 9.78 Å². The average molecular weight is 510 g/mol. The van der Waals surface area contributed by atoms with Crippen LogP contribution in [0.5, 0.6) is 11.5 Å². The fourth-order valence-corrected chi connectivity index (χ4v) is 6.20. The largest absolute Gasteiger partial charge is 0.478 e. The molecule has 1 N–H and O–H groups in total. The van der Waals surface area contributed by atoms with E-state index in [9.17, 15) is 9.90 Å². The lowest BCUT2D eigenvalue weighted by molar-refractivity contribution is -0.123. The fraction of sp³-hybridized carbons (Fsp3) is 0.586. The van der Waals surface area contributed by atoms with E-state index in [1.54, 1.807) is 19.2 Å². The van der Waals surface area contributed by atoms with Crippen molar-refractivity contribution in [3.05, 3.63) is 35.5 Å². The van der Waals surface area contributed by atoms with Gasteiger partial charge in [-0.3, -0.25) is 0 Å². The Morgan fingerprint density at radius 2 is 1.73 bits per heavy atom. The van der Waals surface area contributed by atoms with E-state index in [0.29, 0.717) is 28.7 Å². The minimum atomic E-state index is -0.980. The monoisotopic (exact) mass is 509 g/mol. The maximum Gasteiger partial charge on any atom is 0.336 e. The summed E-state index contributed by atoms with van der Waals surface area (Å²) in [7, 11) is 4.27. The number of morpholine rings is 1. The maximum atomic E-state index is 12.2. The molecule has 2 fully saturated rings. The number of aromatic carboxylic acids is 1. The SMILES string of the molecule is Cc1c(C(=O)O)cc(-c2ccc(N3C[C@@H](C)O[C@@H](C)C3)nc2)c2c1OC(C)(C1CCC(N(C)C)CC1)O2. The van der Waals surface area contributed by atoms with E-state index in [1.165, 1.54) is 0 Å². The van der Waals surface area contributed by atoms with Gasteiger partial charge in [-0.15, -0.1) is 0 Å². The van der Waals surface area contributed by atoms with Crippen molar-refractivity contribution in [2.24, 2.45) is 5.92 Å². The molecular formula is C29H39N3O5. The first kappa shape index (κ1) is 25.8. The second-order valence-corrected chi connectivity index (χ2v) is 11.3. The molecular weight excluding hydrogens is 470 g/mol. The van der Waals surface area contributed by atoms with Crippen molar-refractivity contribution in [2.45, 2.75) is 77.4 Å². The summed E-state index contributed by atoms with van der Waals surface area (Å²) in [6, 6.07) is 6.25. The summed E-state index contributed by atoms with van der Waals surface area (Å²) < 4.78 is 19.0. The van der Waals surface area contributed by atoms with Crippen LogP contribution in [0.4, 0.5) is 5.82 Å². The summed E-state index contributed by atoms with van der Waals surface area (Å²) in [5, 5.41) is 9.96. The van der Waals surface area contributed by atoms with Crippen molar-refractivity contribution in [1.29, 1.82) is 0 Å². The number of fused-ring (bicyclic) bond motifs is 1. The minimum Gasteiger partial charge on any atom is -0.478 e. The molecule has 8 heteroatoms. The predicted molar refractivity (Wildman–Crippen MR) is 143 cm³/mol. The number of nitrogens with zero attached hydrogens (tertiary/aromatic N) is 3. The van der Waals surface area contributed by atoms with Gasteiger partial charge in [0.05, 0.1) is 17.8 Å². The van der Waals surface area contributed by atoms with Crippen LogP contribution in [-0.2, 0) is 4.74 Å². The number of carboxylic acids is 1. The number of benzene rings is 1. The predicted octanol–water partition coefficient (Wildman–Crippen LogP) is 4.98. The first-order valence-electron chi connectivity index (χ1n) is 13.4. The lowest BCUT2D eigenvalue weighted by atomic mass is 9.81. The molecule has 8 nitrogen and oxygen atoms in total. The van der Waals surface area contributed by atoms with Gasteiger partial charge in [0.25, 0.3) is 5.79 Å². The number of rotatable bonds is 5. The molecule has 0 amide bonds. The second kappa shape index (κ2) is 9.80. The summed E-state index contributed by atoms with van der Waals surface area (Å²) in [6.07, 6.45) is 6.26. The fourth-order valence-electron chi connectivity index (χ4n) is 6.20. The Bertz CT molecular complexity index is 1150. The normalized spacial score (nSPS) is 29.5. The van der Waals surface area contributed by atoms with Gasteiger partial charge in [-0.05, 0) is 78.7 Å². The molecule has 1 aromatic carbocycles. The van der Waals surface area contributed by atoms with Gasteiger partial charge in [0.15, 0.2) is 11.5 Å². The van der Waals surface area contributed by atoms with Crippen molar-refractivity contribution >= 4 is 11.8 Å². The van der Waals surface area contributed by atoms with Crippen LogP contribution in [0, 0.1) is 12.8 Å². The molecule has 2 aliphatic heterocycles. The molecule has 1 aromatic heterocycles. The Balaban J connectivity index is 1.46. The zero-order valence-corrected chi connectivity index (χ0v) is 22.8. The van der Waals surface area contributed by atoms with Crippen molar-refractivity contribution in [3.63, 3.8) is 0 Å². The molecule has 37 heavy (non-hydrogen) atoms. The van der Waals surface area contributed by atoms with Crippen molar-refractivity contribution in [1.82, 2.24) is 9.88 Å². The zero-order valence-electron chi connectivity index (χ0n) is 22.8. The van der Waals surface area contributed by atoms with Gasteiger partial charge in [0.1, 0.15) is 5.82 Å². The third-order valence-corrected chi connectivity index (χ3v) is 8.30. The molecule has 5 rings (SSSR count). The van der Waals surface area contributed by atoms with Crippen LogP contribution in [0.25, 0.3) is 11.1 Å². The van der Waals surface area contributed by atoms with Crippen molar-refractivity contribution in [2.75, 3.05) is 32.1 Å². The van der Waals surface area contributed by atoms with E-state index in [-0.39, 0.29) is 23.7 Å². The summed E-state index contributed by atoms with van der Waals surface area (Å²) in [5.41, 5.74) is 2.32. The number of pyridine rings is 1. The van der Waals surface area contributed by atoms with E-state index < -0.39 is 11.8 Å². The lowest BCUT2D eigenvalue weighted by Crippen LogP contribution is -2.46. The van der Waals surface area contributed by atoms with Gasteiger partial charge in [-0.2, -0.15) is 0 Å². The van der Waals surface area contributed by atoms with Crippen LogP contribution >= 0.6 is 0 Å². The van der Waals surface area contributed by atoms with E-state index in [1.807, 2.05) is 19.1 Å². The lowest BCUT2D eigenvalue weighted by Gasteiger charge is -2.39. The van der Waals surface area contributed by atoms with Crippen LogP contribution in [0.1, 0.15) is 62.4 Å². The molecule has 0 spiro atoms. The summed E-state index contributed by atoms with van der Waals surface area (Å²) >= 11 is 0. The van der Waals surface area contributed by atoms with Gasteiger partial charge >= 0.3 is 5.97 Å². The molecule has 3 atom stereocenters. The molecule has 1 aliphatic carbocycles. The number of carboxylic acid groups (broad SMARTS) is 1. The zero-order chi connectivity index (χ0) is 26.5. The van der Waals surface area contributed by atoms with E-state index in [4.69, 9.17) is 19.2 Å². The van der Waals surface area contributed by atoms with Crippen LogP contribution < -0.4 is 14.4 Å². The number of ether oxygens (including phenoxy) is 3. The molecule has 200 valence electrons. The summed E-state index contributed by atoms with van der Waals surface area (Å²) in [5.74, 6) is 0.445. The van der Waals surface area contributed by atoms with Crippen LogP contribution in [0.15, 0.2) is 24.4 Å². The van der Waals surface area contributed by atoms with Crippen LogP contribution in [0.3, 0.4) is 0 Å². The number of anilines is 1. The highest BCUT2D eigenvalue weighted by molar-refractivity contribution is 5.94. The quantitative estimate of drug-likeness (QED) is 0.604. The van der Waals surface area contributed by atoms with Gasteiger partial charge in [0, 0.05) is 54.9 Å².